The number of nitrogens with two attached hydrogens (primary N) is 1. The van der Waals surface area contributed by atoms with E-state index in [2.05, 4.69) is 9.88 Å². The molecule has 2 N–H and O–H groups in total. The third kappa shape index (κ3) is 2.21. The fourth-order valence-electron chi connectivity index (χ4n) is 1.71. The molecule has 1 aliphatic heterocycles. The minimum atomic E-state index is 0.627. The second-order valence-electron chi connectivity index (χ2n) is 3.77. The Morgan fingerprint density at radius 1 is 1.53 bits per heavy atom. The van der Waals surface area contributed by atoms with Crippen LogP contribution in [0.5, 0.6) is 5.88 Å². The fraction of sp³-hybridized carbons (Fsp3) is 0.545. The summed E-state index contributed by atoms with van der Waals surface area (Å²) in [6, 6.07) is 5.87. The Hall–Kier alpha value is -1.29. The highest BCUT2D eigenvalue weighted by Crippen LogP contribution is 2.23. The monoisotopic (exact) mass is 207 g/mol. The summed E-state index contributed by atoms with van der Waals surface area (Å²) in [6.07, 6.45) is 0. The van der Waals surface area contributed by atoms with Crippen LogP contribution in [0, 0.1) is 5.92 Å². The minimum absolute atomic E-state index is 0.627. The highest BCUT2D eigenvalue weighted by molar-refractivity contribution is 5.43. The van der Waals surface area contributed by atoms with Gasteiger partial charge in [-0.05, 0) is 19.5 Å². The van der Waals surface area contributed by atoms with Crippen molar-refractivity contribution in [1.29, 1.82) is 0 Å². The summed E-state index contributed by atoms with van der Waals surface area (Å²) in [7, 11) is 0. The molecule has 1 fully saturated rings. The quantitative estimate of drug-likeness (QED) is 0.796. The van der Waals surface area contributed by atoms with E-state index in [0.29, 0.717) is 18.4 Å². The van der Waals surface area contributed by atoms with Crippen LogP contribution in [0.1, 0.15) is 6.92 Å². The lowest BCUT2D eigenvalue weighted by Crippen LogP contribution is -2.50. The van der Waals surface area contributed by atoms with E-state index in [9.17, 15) is 0 Å². The van der Waals surface area contributed by atoms with Gasteiger partial charge < -0.3 is 15.4 Å². The van der Waals surface area contributed by atoms with Gasteiger partial charge in [0.05, 0.1) is 6.61 Å². The average molecular weight is 207 g/mol. The predicted molar refractivity (Wildman–Crippen MR) is 60.2 cm³/mol. The van der Waals surface area contributed by atoms with Crippen LogP contribution >= 0.6 is 0 Å². The van der Waals surface area contributed by atoms with Crippen molar-refractivity contribution >= 4 is 5.82 Å². The van der Waals surface area contributed by atoms with E-state index < -0.39 is 0 Å². The van der Waals surface area contributed by atoms with Crippen LogP contribution in [0.25, 0.3) is 0 Å². The van der Waals surface area contributed by atoms with Crippen molar-refractivity contribution in [2.45, 2.75) is 6.92 Å². The molecule has 0 aliphatic carbocycles. The van der Waals surface area contributed by atoms with Gasteiger partial charge in [-0.15, -0.1) is 0 Å². The molecule has 0 spiro atoms. The standard InChI is InChI=1S/C11H17N3O/c1-2-15-11-5-3-4-10(13-11)14-7-9(6-12)8-14/h3-5,9H,2,6-8,12H2,1H3. The number of rotatable bonds is 4. The maximum absolute atomic E-state index is 5.58. The second kappa shape index (κ2) is 4.49. The lowest BCUT2D eigenvalue weighted by atomic mass is 10.0. The lowest BCUT2D eigenvalue weighted by molar-refractivity contribution is 0.325. The van der Waals surface area contributed by atoms with Gasteiger partial charge in [-0.25, -0.2) is 0 Å². The molecule has 0 unspecified atom stereocenters. The Balaban J connectivity index is 2.00. The molecule has 15 heavy (non-hydrogen) atoms. The number of aromatic nitrogens is 1. The number of ether oxygens (including phenoxy) is 1. The molecular formula is C11H17N3O. The first-order valence-electron chi connectivity index (χ1n) is 5.38. The van der Waals surface area contributed by atoms with Gasteiger partial charge in [0.2, 0.25) is 5.88 Å². The van der Waals surface area contributed by atoms with Crippen molar-refractivity contribution < 1.29 is 4.74 Å². The van der Waals surface area contributed by atoms with Crippen LogP contribution in [0.15, 0.2) is 18.2 Å². The fourth-order valence-corrected chi connectivity index (χ4v) is 1.71. The molecule has 1 aliphatic rings. The molecule has 1 aromatic heterocycles. The molecule has 0 amide bonds. The van der Waals surface area contributed by atoms with Gasteiger partial charge in [-0.2, -0.15) is 4.98 Å². The van der Waals surface area contributed by atoms with Crippen LogP contribution in [0.3, 0.4) is 0 Å². The summed E-state index contributed by atoms with van der Waals surface area (Å²) in [5, 5.41) is 0. The van der Waals surface area contributed by atoms with Crippen LogP contribution in [-0.4, -0.2) is 31.2 Å². The molecule has 0 bridgehead atoms. The molecule has 1 saturated heterocycles. The van der Waals surface area contributed by atoms with Crippen molar-refractivity contribution in [2.75, 3.05) is 31.1 Å². The first kappa shape index (κ1) is 10.2. The van der Waals surface area contributed by atoms with Crippen molar-refractivity contribution in [1.82, 2.24) is 4.98 Å². The maximum Gasteiger partial charge on any atom is 0.215 e. The van der Waals surface area contributed by atoms with Gasteiger partial charge in [-0.3, -0.25) is 0 Å². The average Bonchev–Trinajstić information content (AvgIpc) is 2.17. The summed E-state index contributed by atoms with van der Waals surface area (Å²) in [4.78, 5) is 6.64. The molecular weight excluding hydrogens is 190 g/mol. The number of nitrogens with zero attached hydrogens (tertiary/aromatic N) is 2. The molecule has 0 saturated carbocycles. The predicted octanol–water partition coefficient (Wildman–Crippen LogP) is 0.875. The van der Waals surface area contributed by atoms with Crippen LogP contribution in [0.4, 0.5) is 5.82 Å². The number of hydrogen-bond acceptors (Lipinski definition) is 4. The van der Waals surface area contributed by atoms with Crippen molar-refractivity contribution in [3.8, 4) is 5.88 Å². The summed E-state index contributed by atoms with van der Waals surface area (Å²) in [6.45, 7) is 5.41. The number of pyridine rings is 1. The Morgan fingerprint density at radius 3 is 3.00 bits per heavy atom. The third-order valence-corrected chi connectivity index (χ3v) is 2.62. The van der Waals surface area contributed by atoms with Crippen LogP contribution in [0.2, 0.25) is 0 Å². The second-order valence-corrected chi connectivity index (χ2v) is 3.77. The van der Waals surface area contributed by atoms with Gasteiger partial charge >= 0.3 is 0 Å². The first-order valence-corrected chi connectivity index (χ1v) is 5.38. The molecule has 0 atom stereocenters. The smallest absolute Gasteiger partial charge is 0.215 e. The molecule has 82 valence electrons. The topological polar surface area (TPSA) is 51.4 Å². The van der Waals surface area contributed by atoms with E-state index in [1.165, 1.54) is 0 Å². The van der Waals surface area contributed by atoms with E-state index in [-0.39, 0.29) is 0 Å². The highest BCUT2D eigenvalue weighted by atomic mass is 16.5. The van der Waals surface area contributed by atoms with E-state index in [1.807, 2.05) is 25.1 Å². The maximum atomic E-state index is 5.58. The van der Waals surface area contributed by atoms with Gasteiger partial charge in [0.1, 0.15) is 5.82 Å². The van der Waals surface area contributed by atoms with Crippen molar-refractivity contribution in [3.05, 3.63) is 18.2 Å². The van der Waals surface area contributed by atoms with Gasteiger partial charge in [-0.1, -0.05) is 6.07 Å². The Kier molecular flexibility index (Phi) is 3.06. The molecule has 2 rings (SSSR count). The van der Waals surface area contributed by atoms with Gasteiger partial charge in [0, 0.05) is 25.1 Å². The molecule has 1 aromatic rings. The van der Waals surface area contributed by atoms with E-state index in [1.54, 1.807) is 0 Å². The SMILES string of the molecule is CCOc1cccc(N2CC(CN)C2)n1. The molecule has 4 nitrogen and oxygen atoms in total. The van der Waals surface area contributed by atoms with Crippen LogP contribution in [-0.2, 0) is 0 Å². The molecule has 2 heterocycles. The lowest BCUT2D eigenvalue weighted by Gasteiger charge is -2.39. The third-order valence-electron chi connectivity index (χ3n) is 2.62. The van der Waals surface area contributed by atoms with E-state index in [4.69, 9.17) is 10.5 Å². The number of hydrogen-bond donors (Lipinski definition) is 1. The Bertz CT molecular complexity index is 323. The zero-order chi connectivity index (χ0) is 10.7. The van der Waals surface area contributed by atoms with E-state index in [0.717, 1.165) is 25.5 Å². The minimum Gasteiger partial charge on any atom is -0.478 e. The summed E-state index contributed by atoms with van der Waals surface area (Å²) < 4.78 is 5.36. The highest BCUT2D eigenvalue weighted by Gasteiger charge is 2.26. The van der Waals surface area contributed by atoms with Crippen molar-refractivity contribution in [3.63, 3.8) is 0 Å². The summed E-state index contributed by atoms with van der Waals surface area (Å²) in [5.74, 6) is 2.32. The largest absolute Gasteiger partial charge is 0.478 e. The normalized spacial score (nSPS) is 16.3. The first-order chi connectivity index (χ1) is 7.33. The molecule has 4 heteroatoms. The molecule has 0 radical (unpaired) electrons. The summed E-state index contributed by atoms with van der Waals surface area (Å²) >= 11 is 0. The Labute approximate surface area is 90.0 Å². The van der Waals surface area contributed by atoms with Gasteiger partial charge in [0.15, 0.2) is 0 Å². The zero-order valence-corrected chi connectivity index (χ0v) is 9.02. The number of anilines is 1. The summed E-state index contributed by atoms with van der Waals surface area (Å²) in [5.41, 5.74) is 5.58. The van der Waals surface area contributed by atoms with Crippen molar-refractivity contribution in [2.24, 2.45) is 11.7 Å². The van der Waals surface area contributed by atoms with E-state index >= 15 is 0 Å². The zero-order valence-electron chi connectivity index (χ0n) is 9.02. The van der Waals surface area contributed by atoms with Crippen LogP contribution < -0.4 is 15.4 Å². The molecule has 0 aromatic carbocycles. The Morgan fingerprint density at radius 2 is 2.33 bits per heavy atom. The van der Waals surface area contributed by atoms with Gasteiger partial charge in [0.25, 0.3) is 0 Å².